The van der Waals surface area contributed by atoms with Crippen LogP contribution in [0.3, 0.4) is 0 Å². The largest absolute Gasteiger partial charge is 0.497 e. The van der Waals surface area contributed by atoms with Crippen LogP contribution in [-0.4, -0.2) is 33.9 Å². The van der Waals surface area contributed by atoms with Crippen LogP contribution in [-0.2, 0) is 4.74 Å². The van der Waals surface area contributed by atoms with E-state index >= 15 is 0 Å². The van der Waals surface area contributed by atoms with Gasteiger partial charge in [0.1, 0.15) is 17.2 Å². The monoisotopic (exact) mass is 372 g/mol. The Bertz CT molecular complexity index is 864. The maximum absolute atomic E-state index is 6.25. The van der Waals surface area contributed by atoms with Crippen LogP contribution in [0.25, 0.3) is 0 Å². The molecule has 27 heavy (non-hydrogen) atoms. The molecule has 0 spiro atoms. The average molecular weight is 372 g/mol. The first-order valence-corrected chi connectivity index (χ1v) is 8.90. The molecule has 0 N–H and O–H groups in total. The van der Waals surface area contributed by atoms with E-state index in [2.05, 4.69) is 6.92 Å². The number of ether oxygens (including phenoxy) is 6. The van der Waals surface area contributed by atoms with Crippen molar-refractivity contribution >= 4 is 0 Å². The molecule has 0 amide bonds. The Balaban J connectivity index is 1.91. The molecule has 0 aliphatic carbocycles. The Morgan fingerprint density at radius 1 is 0.926 bits per heavy atom. The van der Waals surface area contributed by atoms with Gasteiger partial charge in [0.15, 0.2) is 11.5 Å². The molecule has 2 aliphatic heterocycles. The molecule has 6 nitrogen and oxygen atoms in total. The summed E-state index contributed by atoms with van der Waals surface area (Å²) in [5.41, 5.74) is 2.06. The van der Waals surface area contributed by atoms with E-state index in [-0.39, 0.29) is 18.6 Å². The number of hydrogen-bond acceptors (Lipinski definition) is 6. The number of benzene rings is 2. The summed E-state index contributed by atoms with van der Waals surface area (Å²) in [5.74, 6) is 2.84. The lowest BCUT2D eigenvalue weighted by Crippen LogP contribution is -2.47. The molecule has 0 radical (unpaired) electrons. The van der Waals surface area contributed by atoms with Gasteiger partial charge in [-0.25, -0.2) is 0 Å². The second-order valence-corrected chi connectivity index (χ2v) is 6.94. The van der Waals surface area contributed by atoms with Crippen molar-refractivity contribution in [2.45, 2.75) is 25.6 Å². The minimum absolute atomic E-state index is 0.0117. The fourth-order valence-corrected chi connectivity index (χ4v) is 3.89. The Morgan fingerprint density at radius 2 is 1.67 bits per heavy atom. The highest BCUT2D eigenvalue weighted by Crippen LogP contribution is 2.53. The smallest absolute Gasteiger partial charge is 0.231 e. The van der Waals surface area contributed by atoms with Crippen LogP contribution in [0.15, 0.2) is 30.3 Å². The van der Waals surface area contributed by atoms with Crippen molar-refractivity contribution in [1.82, 2.24) is 0 Å². The SMILES string of the molecule is COc1ccc([C@H]2c3cc4c(cc3O[C@@](C)(OC)[C@@H]2C)OCO4)c(OC)c1. The quantitative estimate of drug-likeness (QED) is 0.810. The normalized spacial score (nSPS) is 25.5. The molecule has 2 heterocycles. The van der Waals surface area contributed by atoms with E-state index in [1.165, 1.54) is 0 Å². The lowest BCUT2D eigenvalue weighted by Gasteiger charge is -2.44. The van der Waals surface area contributed by atoms with Gasteiger partial charge in [-0.15, -0.1) is 0 Å². The fraction of sp³-hybridized carbons (Fsp3) is 0.429. The first-order valence-electron chi connectivity index (χ1n) is 8.90. The molecule has 0 saturated carbocycles. The third-order valence-electron chi connectivity index (χ3n) is 5.66. The molecular formula is C21H24O6. The summed E-state index contributed by atoms with van der Waals surface area (Å²) in [6.45, 7) is 4.28. The molecule has 0 fully saturated rings. The van der Waals surface area contributed by atoms with Crippen molar-refractivity contribution in [3.63, 3.8) is 0 Å². The molecule has 2 aromatic carbocycles. The highest BCUT2D eigenvalue weighted by Gasteiger charge is 2.47. The van der Waals surface area contributed by atoms with E-state index in [0.717, 1.165) is 34.1 Å². The summed E-state index contributed by atoms with van der Waals surface area (Å²) in [6, 6.07) is 9.75. The van der Waals surface area contributed by atoms with E-state index in [1.54, 1.807) is 21.3 Å². The number of methoxy groups -OCH3 is 3. The second kappa shape index (κ2) is 6.53. The summed E-state index contributed by atoms with van der Waals surface area (Å²) in [6.07, 6.45) is 0. The summed E-state index contributed by atoms with van der Waals surface area (Å²) >= 11 is 0. The second-order valence-electron chi connectivity index (χ2n) is 6.94. The molecule has 3 atom stereocenters. The van der Waals surface area contributed by atoms with Gasteiger partial charge in [-0.1, -0.05) is 13.0 Å². The minimum atomic E-state index is -0.795. The lowest BCUT2D eigenvalue weighted by atomic mass is 9.75. The molecule has 2 aliphatic rings. The molecule has 4 rings (SSSR count). The summed E-state index contributed by atoms with van der Waals surface area (Å²) in [7, 11) is 4.97. The van der Waals surface area contributed by atoms with Gasteiger partial charge in [0.25, 0.3) is 0 Å². The van der Waals surface area contributed by atoms with Crippen molar-refractivity contribution < 1.29 is 28.4 Å². The van der Waals surface area contributed by atoms with E-state index in [1.807, 2.05) is 37.3 Å². The van der Waals surface area contributed by atoms with Gasteiger partial charge in [0.2, 0.25) is 12.6 Å². The summed E-state index contributed by atoms with van der Waals surface area (Å²) < 4.78 is 34.2. The average Bonchev–Trinajstić information content (AvgIpc) is 3.14. The van der Waals surface area contributed by atoms with Crippen molar-refractivity contribution in [2.75, 3.05) is 28.1 Å². The molecule has 6 heteroatoms. The Morgan fingerprint density at radius 3 is 2.33 bits per heavy atom. The topological polar surface area (TPSA) is 55.4 Å². The maximum Gasteiger partial charge on any atom is 0.231 e. The minimum Gasteiger partial charge on any atom is -0.497 e. The zero-order valence-corrected chi connectivity index (χ0v) is 16.2. The highest BCUT2D eigenvalue weighted by molar-refractivity contribution is 5.58. The zero-order chi connectivity index (χ0) is 19.2. The lowest BCUT2D eigenvalue weighted by molar-refractivity contribution is -0.194. The molecule has 2 aromatic rings. The highest BCUT2D eigenvalue weighted by atomic mass is 16.7. The number of rotatable bonds is 4. The van der Waals surface area contributed by atoms with Crippen molar-refractivity contribution in [3.8, 4) is 28.7 Å². The predicted molar refractivity (Wildman–Crippen MR) is 99.2 cm³/mol. The number of hydrogen-bond donors (Lipinski definition) is 0. The van der Waals surface area contributed by atoms with Gasteiger partial charge in [0.05, 0.1) is 14.2 Å². The van der Waals surface area contributed by atoms with Gasteiger partial charge < -0.3 is 28.4 Å². The van der Waals surface area contributed by atoms with Crippen molar-refractivity contribution in [3.05, 3.63) is 41.5 Å². The molecule has 0 unspecified atom stereocenters. The van der Waals surface area contributed by atoms with Crippen LogP contribution < -0.4 is 23.7 Å². The van der Waals surface area contributed by atoms with Crippen LogP contribution in [0.2, 0.25) is 0 Å². The van der Waals surface area contributed by atoms with E-state index in [4.69, 9.17) is 28.4 Å². The Hall–Kier alpha value is -2.60. The zero-order valence-electron chi connectivity index (χ0n) is 16.2. The van der Waals surface area contributed by atoms with Crippen molar-refractivity contribution in [2.24, 2.45) is 5.92 Å². The van der Waals surface area contributed by atoms with Crippen LogP contribution in [0.1, 0.15) is 30.9 Å². The first kappa shape index (κ1) is 17.8. The molecule has 0 aromatic heterocycles. The maximum atomic E-state index is 6.25. The van der Waals surface area contributed by atoms with Gasteiger partial charge >= 0.3 is 0 Å². The van der Waals surface area contributed by atoms with E-state index < -0.39 is 5.79 Å². The molecule has 144 valence electrons. The Labute approximate surface area is 158 Å². The molecule has 0 bridgehead atoms. The fourth-order valence-electron chi connectivity index (χ4n) is 3.89. The first-order chi connectivity index (χ1) is 13.0. The summed E-state index contributed by atoms with van der Waals surface area (Å²) in [5, 5.41) is 0. The molecular weight excluding hydrogens is 348 g/mol. The van der Waals surface area contributed by atoms with Crippen molar-refractivity contribution in [1.29, 1.82) is 0 Å². The Kier molecular flexibility index (Phi) is 4.30. The summed E-state index contributed by atoms with van der Waals surface area (Å²) in [4.78, 5) is 0. The molecule has 0 saturated heterocycles. The standard InChI is InChI=1S/C21H24O6/c1-12-20(14-7-6-13(22-3)8-16(14)23-4)15-9-18-19(26-11-25-18)10-17(15)27-21(12,2)24-5/h6-10,12,20H,11H2,1-5H3/t12-,20+,21-/m1/s1. The van der Waals surface area contributed by atoms with Gasteiger partial charge in [-0.3, -0.25) is 0 Å². The van der Waals surface area contributed by atoms with E-state index in [9.17, 15) is 0 Å². The van der Waals surface area contributed by atoms with Gasteiger partial charge in [-0.2, -0.15) is 0 Å². The van der Waals surface area contributed by atoms with Gasteiger partial charge in [0, 0.05) is 49.1 Å². The van der Waals surface area contributed by atoms with Crippen LogP contribution in [0.4, 0.5) is 0 Å². The van der Waals surface area contributed by atoms with Crippen LogP contribution >= 0.6 is 0 Å². The third-order valence-corrected chi connectivity index (χ3v) is 5.66. The van der Waals surface area contributed by atoms with Crippen LogP contribution in [0.5, 0.6) is 28.7 Å². The van der Waals surface area contributed by atoms with Gasteiger partial charge in [-0.05, 0) is 12.1 Å². The third kappa shape index (κ3) is 2.75. The van der Waals surface area contributed by atoms with E-state index in [0.29, 0.717) is 5.75 Å². The van der Waals surface area contributed by atoms with Crippen LogP contribution in [0, 0.1) is 5.92 Å². The number of fused-ring (bicyclic) bond motifs is 2. The predicted octanol–water partition coefficient (Wildman–Crippen LogP) is 3.96.